The van der Waals surface area contributed by atoms with E-state index in [4.69, 9.17) is 9.47 Å². The van der Waals surface area contributed by atoms with Crippen LogP contribution in [-0.4, -0.2) is 13.2 Å². The molecule has 1 heterocycles. The molecule has 0 N–H and O–H groups in total. The zero-order valence-electron chi connectivity index (χ0n) is 17.6. The van der Waals surface area contributed by atoms with Crippen LogP contribution < -0.4 is 9.47 Å². The molecule has 31 heavy (non-hydrogen) atoms. The molecule has 0 amide bonds. The van der Waals surface area contributed by atoms with Gasteiger partial charge in [-0.05, 0) is 65.8 Å². The van der Waals surface area contributed by atoms with E-state index in [2.05, 4.69) is 6.92 Å². The van der Waals surface area contributed by atoms with Crippen LogP contribution in [0.5, 0.6) is 11.5 Å². The summed E-state index contributed by atoms with van der Waals surface area (Å²) in [5.41, 5.74) is 2.69. The number of hydrogen-bond acceptors (Lipinski definition) is 3. The van der Waals surface area contributed by atoms with E-state index < -0.39 is 0 Å². The van der Waals surface area contributed by atoms with Crippen molar-refractivity contribution in [1.82, 2.24) is 0 Å². The minimum Gasteiger partial charge on any atom is -0.491 e. The molecule has 0 bridgehead atoms. The van der Waals surface area contributed by atoms with Gasteiger partial charge in [0.05, 0.1) is 17.9 Å². The number of benzene rings is 3. The number of rotatable bonds is 8. The summed E-state index contributed by atoms with van der Waals surface area (Å²) in [6.45, 7) is 4.85. The minimum absolute atomic E-state index is 0.280. The van der Waals surface area contributed by atoms with Crippen LogP contribution in [0.25, 0.3) is 31.7 Å². The van der Waals surface area contributed by atoms with Crippen molar-refractivity contribution in [3.63, 3.8) is 0 Å². The lowest BCUT2D eigenvalue weighted by molar-refractivity contribution is 0.294. The van der Waals surface area contributed by atoms with Crippen LogP contribution in [0, 0.1) is 11.6 Å². The fourth-order valence-electron chi connectivity index (χ4n) is 3.41. The summed E-state index contributed by atoms with van der Waals surface area (Å²) >= 11 is 1.40. The average Bonchev–Trinajstić information content (AvgIpc) is 3.22. The zero-order chi connectivity index (χ0) is 21.8. The molecule has 1 aromatic heterocycles. The Balaban J connectivity index is 1.57. The average molecular weight is 439 g/mol. The van der Waals surface area contributed by atoms with Gasteiger partial charge in [-0.25, -0.2) is 8.78 Å². The van der Waals surface area contributed by atoms with Gasteiger partial charge in [-0.1, -0.05) is 43.7 Å². The van der Waals surface area contributed by atoms with E-state index >= 15 is 0 Å². The third kappa shape index (κ3) is 4.57. The highest BCUT2D eigenvalue weighted by atomic mass is 32.1. The van der Waals surface area contributed by atoms with E-state index in [1.165, 1.54) is 17.4 Å². The van der Waals surface area contributed by atoms with Crippen LogP contribution >= 0.6 is 11.3 Å². The smallest absolute Gasteiger partial charge is 0.182 e. The van der Waals surface area contributed by atoms with Crippen molar-refractivity contribution < 1.29 is 18.3 Å². The standard InChI is InChI=1S/C26H24F2O2S/c1-3-5-14-30-22-12-10-19(15-21(22)27)17-6-8-18(9-7-17)24-16-20-11-13-23(29-4-2)25(28)26(20)31-24/h6-13,15-16H,3-5,14H2,1-2H3. The van der Waals surface area contributed by atoms with E-state index in [0.29, 0.717) is 17.9 Å². The number of halogens is 2. The van der Waals surface area contributed by atoms with Crippen LogP contribution in [0.3, 0.4) is 0 Å². The quantitative estimate of drug-likeness (QED) is 0.259. The Morgan fingerprint density at radius 2 is 1.48 bits per heavy atom. The number of hydrogen-bond donors (Lipinski definition) is 0. The molecule has 4 aromatic rings. The Bertz CT molecular complexity index is 1180. The van der Waals surface area contributed by atoms with Gasteiger partial charge in [0.1, 0.15) is 0 Å². The predicted molar refractivity (Wildman–Crippen MR) is 124 cm³/mol. The predicted octanol–water partition coefficient (Wildman–Crippen LogP) is 8.09. The van der Waals surface area contributed by atoms with Gasteiger partial charge in [-0.15, -0.1) is 11.3 Å². The van der Waals surface area contributed by atoms with Crippen molar-refractivity contribution >= 4 is 21.4 Å². The Kier molecular flexibility index (Phi) is 6.52. The maximum absolute atomic E-state index is 14.7. The van der Waals surface area contributed by atoms with E-state index in [1.807, 2.05) is 49.4 Å². The summed E-state index contributed by atoms with van der Waals surface area (Å²) < 4.78 is 40.5. The van der Waals surface area contributed by atoms with Crippen molar-refractivity contribution in [1.29, 1.82) is 0 Å². The molecule has 0 saturated heterocycles. The molecular weight excluding hydrogens is 414 g/mol. The minimum atomic E-state index is -0.359. The molecular formula is C26H24F2O2S. The SMILES string of the molecule is CCCCOc1ccc(-c2ccc(-c3cc4ccc(OCC)c(F)c4s3)cc2)cc1F. The number of ether oxygens (including phenoxy) is 2. The fraction of sp³-hybridized carbons (Fsp3) is 0.231. The van der Waals surface area contributed by atoms with Gasteiger partial charge in [0.25, 0.3) is 0 Å². The molecule has 0 aliphatic carbocycles. The molecule has 5 heteroatoms. The molecule has 0 aliphatic heterocycles. The Hall–Kier alpha value is -2.92. The highest BCUT2D eigenvalue weighted by Gasteiger charge is 2.13. The zero-order valence-corrected chi connectivity index (χ0v) is 18.4. The highest BCUT2D eigenvalue weighted by molar-refractivity contribution is 7.22. The second-order valence-corrected chi connectivity index (χ2v) is 8.32. The normalized spacial score (nSPS) is 11.1. The van der Waals surface area contributed by atoms with Gasteiger partial charge in [0.15, 0.2) is 23.1 Å². The van der Waals surface area contributed by atoms with Crippen LogP contribution in [0.1, 0.15) is 26.7 Å². The summed E-state index contributed by atoms with van der Waals surface area (Å²) in [7, 11) is 0. The molecule has 0 radical (unpaired) electrons. The molecule has 0 fully saturated rings. The summed E-state index contributed by atoms with van der Waals surface area (Å²) in [5, 5.41) is 0.853. The Morgan fingerprint density at radius 1 is 0.774 bits per heavy atom. The van der Waals surface area contributed by atoms with Crippen LogP contribution in [-0.2, 0) is 0 Å². The summed E-state index contributed by atoms with van der Waals surface area (Å²) in [6, 6.07) is 18.4. The number of fused-ring (bicyclic) bond motifs is 1. The first-order chi connectivity index (χ1) is 15.1. The topological polar surface area (TPSA) is 18.5 Å². The van der Waals surface area contributed by atoms with Crippen molar-refractivity contribution in [2.24, 2.45) is 0 Å². The first-order valence-corrected chi connectivity index (χ1v) is 11.3. The molecule has 0 aliphatic rings. The summed E-state index contributed by atoms with van der Waals surface area (Å²) in [4.78, 5) is 0.972. The maximum Gasteiger partial charge on any atom is 0.182 e. The second-order valence-electron chi connectivity index (χ2n) is 7.26. The van der Waals surface area contributed by atoms with Gasteiger partial charge in [-0.3, -0.25) is 0 Å². The van der Waals surface area contributed by atoms with Gasteiger partial charge >= 0.3 is 0 Å². The molecule has 0 saturated carbocycles. The van der Waals surface area contributed by atoms with E-state index in [-0.39, 0.29) is 23.1 Å². The van der Waals surface area contributed by atoms with Gasteiger partial charge in [0.2, 0.25) is 0 Å². The lowest BCUT2D eigenvalue weighted by Gasteiger charge is -2.09. The van der Waals surface area contributed by atoms with E-state index in [0.717, 1.165) is 39.8 Å². The van der Waals surface area contributed by atoms with Crippen molar-refractivity contribution in [3.8, 4) is 33.1 Å². The maximum atomic E-state index is 14.7. The van der Waals surface area contributed by atoms with E-state index in [1.54, 1.807) is 12.1 Å². The first kappa shape index (κ1) is 21.3. The van der Waals surface area contributed by atoms with Crippen molar-refractivity contribution in [2.75, 3.05) is 13.2 Å². The Morgan fingerprint density at radius 3 is 2.19 bits per heavy atom. The van der Waals surface area contributed by atoms with Gasteiger partial charge in [-0.2, -0.15) is 0 Å². The molecule has 0 atom stereocenters. The molecule has 2 nitrogen and oxygen atoms in total. The van der Waals surface area contributed by atoms with E-state index in [9.17, 15) is 8.78 Å². The van der Waals surface area contributed by atoms with Crippen LogP contribution in [0.15, 0.2) is 60.7 Å². The molecule has 160 valence electrons. The second kappa shape index (κ2) is 9.48. The number of thiophene rings is 1. The largest absolute Gasteiger partial charge is 0.491 e. The molecule has 0 spiro atoms. The third-order valence-corrected chi connectivity index (χ3v) is 6.27. The summed E-state index contributed by atoms with van der Waals surface area (Å²) in [5.74, 6) is -0.109. The molecule has 3 aromatic carbocycles. The molecule has 0 unspecified atom stereocenters. The van der Waals surface area contributed by atoms with Crippen LogP contribution in [0.4, 0.5) is 8.78 Å². The highest BCUT2D eigenvalue weighted by Crippen LogP contribution is 2.38. The number of unbranched alkanes of at least 4 members (excludes halogenated alkanes) is 1. The molecule has 4 rings (SSSR count). The first-order valence-electron chi connectivity index (χ1n) is 10.5. The third-order valence-electron chi connectivity index (χ3n) is 5.08. The Labute approximate surface area is 185 Å². The fourth-order valence-corrected chi connectivity index (χ4v) is 4.51. The lowest BCUT2D eigenvalue weighted by atomic mass is 10.0. The van der Waals surface area contributed by atoms with Gasteiger partial charge in [0, 0.05) is 4.88 Å². The monoisotopic (exact) mass is 438 g/mol. The van der Waals surface area contributed by atoms with Gasteiger partial charge < -0.3 is 9.47 Å². The van der Waals surface area contributed by atoms with Crippen LogP contribution in [0.2, 0.25) is 0 Å². The summed E-state index contributed by atoms with van der Waals surface area (Å²) in [6.07, 6.45) is 1.91. The van der Waals surface area contributed by atoms with Crippen molar-refractivity contribution in [2.45, 2.75) is 26.7 Å². The van der Waals surface area contributed by atoms with Crippen molar-refractivity contribution in [3.05, 3.63) is 72.3 Å². The lowest BCUT2D eigenvalue weighted by Crippen LogP contribution is -1.98.